The Kier molecular flexibility index (Phi) is 3.96. The monoisotopic (exact) mass is 249 g/mol. The number of aromatic amines is 1. The van der Waals surface area contributed by atoms with Gasteiger partial charge in [-0.3, -0.25) is 0 Å². The van der Waals surface area contributed by atoms with Crippen molar-refractivity contribution < 1.29 is 10.2 Å². The van der Waals surface area contributed by atoms with Crippen LogP contribution in [-0.2, 0) is 6.54 Å². The predicted molar refractivity (Wildman–Crippen MR) is 70.1 cm³/mol. The van der Waals surface area contributed by atoms with Gasteiger partial charge in [-0.1, -0.05) is 6.92 Å². The Morgan fingerprint density at radius 1 is 1.39 bits per heavy atom. The van der Waals surface area contributed by atoms with Gasteiger partial charge in [-0.15, -0.1) is 0 Å². The van der Waals surface area contributed by atoms with Crippen LogP contribution in [0.1, 0.15) is 18.9 Å². The zero-order chi connectivity index (χ0) is 13.0. The van der Waals surface area contributed by atoms with Crippen molar-refractivity contribution in [1.29, 1.82) is 0 Å². The van der Waals surface area contributed by atoms with Crippen LogP contribution in [0.2, 0.25) is 0 Å². The minimum absolute atomic E-state index is 0.0827. The molecular formula is C13H19N3O2. The number of H-pyrrole nitrogens is 1. The number of aliphatic hydroxyl groups excluding tert-OH is 2. The van der Waals surface area contributed by atoms with Crippen LogP contribution in [0.4, 0.5) is 0 Å². The number of aliphatic hydroxyl groups is 2. The number of rotatable bonds is 6. The molecule has 5 heteroatoms. The fourth-order valence-corrected chi connectivity index (χ4v) is 1.95. The molecule has 0 spiro atoms. The molecule has 18 heavy (non-hydrogen) atoms. The van der Waals surface area contributed by atoms with Gasteiger partial charge in [0, 0.05) is 24.3 Å². The maximum absolute atomic E-state index is 9.38. The van der Waals surface area contributed by atoms with Crippen molar-refractivity contribution in [3.05, 3.63) is 30.1 Å². The number of hydrogen-bond donors (Lipinski definition) is 4. The molecule has 98 valence electrons. The lowest BCUT2D eigenvalue weighted by molar-refractivity contribution is 0.0865. The van der Waals surface area contributed by atoms with Crippen molar-refractivity contribution in [3.8, 4) is 0 Å². The summed E-state index contributed by atoms with van der Waals surface area (Å²) in [6.07, 6.45) is 4.31. The molecule has 2 heterocycles. The summed E-state index contributed by atoms with van der Waals surface area (Å²) in [5, 5.41) is 23.0. The Morgan fingerprint density at radius 3 is 2.83 bits per heavy atom. The van der Waals surface area contributed by atoms with Crippen LogP contribution in [0.25, 0.3) is 11.0 Å². The van der Waals surface area contributed by atoms with E-state index in [4.69, 9.17) is 0 Å². The summed E-state index contributed by atoms with van der Waals surface area (Å²) < 4.78 is 0. The maximum Gasteiger partial charge on any atom is 0.137 e. The molecule has 0 aliphatic rings. The number of pyridine rings is 1. The van der Waals surface area contributed by atoms with Gasteiger partial charge in [0.15, 0.2) is 0 Å². The topological polar surface area (TPSA) is 81.2 Å². The van der Waals surface area contributed by atoms with Gasteiger partial charge in [-0.25, -0.2) is 4.98 Å². The molecule has 0 radical (unpaired) electrons. The molecule has 0 saturated heterocycles. The summed E-state index contributed by atoms with van der Waals surface area (Å²) in [6, 6.07) is 3.90. The predicted octanol–water partition coefficient (Wildman–Crippen LogP) is 0.786. The minimum Gasteiger partial charge on any atom is -0.394 e. The van der Waals surface area contributed by atoms with E-state index in [2.05, 4.69) is 15.3 Å². The van der Waals surface area contributed by atoms with Crippen molar-refractivity contribution in [2.24, 2.45) is 0 Å². The fraction of sp³-hybridized carbons (Fsp3) is 0.462. The van der Waals surface area contributed by atoms with Crippen LogP contribution in [0.15, 0.2) is 24.5 Å². The first-order valence-electron chi connectivity index (χ1n) is 6.12. The van der Waals surface area contributed by atoms with Gasteiger partial charge in [0.25, 0.3) is 0 Å². The number of nitrogens with zero attached hydrogens (tertiary/aromatic N) is 1. The van der Waals surface area contributed by atoms with E-state index in [1.165, 1.54) is 0 Å². The highest BCUT2D eigenvalue weighted by atomic mass is 16.3. The average molecular weight is 249 g/mol. The number of aromatic nitrogens is 2. The lowest BCUT2D eigenvalue weighted by Gasteiger charge is -2.29. The van der Waals surface area contributed by atoms with Gasteiger partial charge in [0.1, 0.15) is 5.65 Å². The minimum atomic E-state index is -0.619. The third-order valence-electron chi connectivity index (χ3n) is 3.47. The van der Waals surface area contributed by atoms with Crippen molar-refractivity contribution >= 4 is 11.0 Å². The molecule has 2 aromatic heterocycles. The molecule has 4 N–H and O–H groups in total. The summed E-state index contributed by atoms with van der Waals surface area (Å²) in [7, 11) is 0. The van der Waals surface area contributed by atoms with Gasteiger partial charge in [0.2, 0.25) is 0 Å². The van der Waals surface area contributed by atoms with Crippen LogP contribution in [0.5, 0.6) is 0 Å². The smallest absolute Gasteiger partial charge is 0.137 e. The number of hydrogen-bond acceptors (Lipinski definition) is 4. The molecule has 2 rings (SSSR count). The molecule has 0 aromatic carbocycles. The molecule has 0 atom stereocenters. The van der Waals surface area contributed by atoms with E-state index in [9.17, 15) is 10.2 Å². The Morgan fingerprint density at radius 2 is 2.17 bits per heavy atom. The molecule has 5 nitrogen and oxygen atoms in total. The summed E-state index contributed by atoms with van der Waals surface area (Å²) in [6.45, 7) is 2.36. The third-order valence-corrected chi connectivity index (χ3v) is 3.47. The maximum atomic E-state index is 9.38. The van der Waals surface area contributed by atoms with Crippen LogP contribution in [-0.4, -0.2) is 38.9 Å². The molecule has 0 aliphatic carbocycles. The van der Waals surface area contributed by atoms with E-state index in [1.807, 2.05) is 25.3 Å². The molecular weight excluding hydrogens is 230 g/mol. The summed E-state index contributed by atoms with van der Waals surface area (Å²) in [4.78, 5) is 7.33. The number of fused-ring (bicyclic) bond motifs is 1. The zero-order valence-electron chi connectivity index (χ0n) is 10.5. The summed E-state index contributed by atoms with van der Waals surface area (Å²) in [5.41, 5.74) is 1.31. The number of nitrogens with one attached hydrogen (secondary N) is 2. The Bertz CT molecular complexity index is 497. The third kappa shape index (κ3) is 2.38. The lowest BCUT2D eigenvalue weighted by Crippen LogP contribution is -2.50. The molecule has 0 fully saturated rings. The molecule has 0 aliphatic heterocycles. The molecule has 0 bridgehead atoms. The van der Waals surface area contributed by atoms with Crippen LogP contribution >= 0.6 is 0 Å². The van der Waals surface area contributed by atoms with Crippen LogP contribution in [0.3, 0.4) is 0 Å². The van der Waals surface area contributed by atoms with E-state index in [0.29, 0.717) is 13.0 Å². The van der Waals surface area contributed by atoms with E-state index in [1.54, 1.807) is 6.20 Å². The highest BCUT2D eigenvalue weighted by Crippen LogP contribution is 2.17. The fourth-order valence-electron chi connectivity index (χ4n) is 1.95. The Labute approximate surface area is 106 Å². The van der Waals surface area contributed by atoms with Crippen LogP contribution < -0.4 is 5.32 Å². The van der Waals surface area contributed by atoms with E-state index < -0.39 is 5.54 Å². The normalized spacial score (nSPS) is 12.2. The summed E-state index contributed by atoms with van der Waals surface area (Å²) in [5.74, 6) is 0. The highest BCUT2D eigenvalue weighted by molar-refractivity contribution is 5.79. The largest absolute Gasteiger partial charge is 0.394 e. The highest BCUT2D eigenvalue weighted by Gasteiger charge is 2.25. The van der Waals surface area contributed by atoms with E-state index in [-0.39, 0.29) is 13.2 Å². The lowest BCUT2D eigenvalue weighted by atomic mass is 9.98. The van der Waals surface area contributed by atoms with E-state index >= 15 is 0 Å². The molecule has 0 saturated carbocycles. The standard InChI is InChI=1S/C13H19N3O2/c1-2-13(8-17,9-18)16-7-10-6-15-12-11(10)4-3-5-14-12/h3-6,16-18H,2,7-9H2,1H3,(H,14,15). The van der Waals surface area contributed by atoms with Gasteiger partial charge in [0.05, 0.1) is 18.8 Å². The summed E-state index contributed by atoms with van der Waals surface area (Å²) >= 11 is 0. The molecule has 2 aromatic rings. The van der Waals surface area contributed by atoms with Crippen molar-refractivity contribution in [2.45, 2.75) is 25.4 Å². The van der Waals surface area contributed by atoms with Crippen molar-refractivity contribution in [2.75, 3.05) is 13.2 Å². The SMILES string of the molecule is CCC(CO)(CO)NCc1c[nH]c2ncccc12. The molecule has 0 unspecified atom stereocenters. The van der Waals surface area contributed by atoms with Crippen molar-refractivity contribution in [1.82, 2.24) is 15.3 Å². The average Bonchev–Trinajstić information content (AvgIpc) is 2.85. The van der Waals surface area contributed by atoms with Crippen molar-refractivity contribution in [3.63, 3.8) is 0 Å². The first kappa shape index (κ1) is 13.0. The van der Waals surface area contributed by atoms with Gasteiger partial charge < -0.3 is 20.5 Å². The second-order valence-corrected chi connectivity index (χ2v) is 4.52. The van der Waals surface area contributed by atoms with Crippen LogP contribution in [0, 0.1) is 0 Å². The van der Waals surface area contributed by atoms with Gasteiger partial charge in [-0.2, -0.15) is 0 Å². The molecule has 0 amide bonds. The van der Waals surface area contributed by atoms with E-state index in [0.717, 1.165) is 16.6 Å². The first-order chi connectivity index (χ1) is 8.74. The second kappa shape index (κ2) is 5.48. The Balaban J connectivity index is 2.14. The first-order valence-corrected chi connectivity index (χ1v) is 6.12. The second-order valence-electron chi connectivity index (χ2n) is 4.52. The quantitative estimate of drug-likeness (QED) is 0.610. The zero-order valence-corrected chi connectivity index (χ0v) is 10.5. The van der Waals surface area contributed by atoms with Gasteiger partial charge in [-0.05, 0) is 24.1 Å². The van der Waals surface area contributed by atoms with Gasteiger partial charge >= 0.3 is 0 Å². The Hall–Kier alpha value is -1.43.